The number of methoxy groups -OCH3 is 1. The molecule has 2 amide bonds. The summed E-state index contributed by atoms with van der Waals surface area (Å²) in [5, 5.41) is 4.73. The van der Waals surface area contributed by atoms with Crippen LogP contribution < -0.4 is 4.74 Å². The molecule has 8 heteroatoms. The zero-order chi connectivity index (χ0) is 23.0. The molecule has 0 atom stereocenters. The van der Waals surface area contributed by atoms with Crippen LogP contribution in [0.2, 0.25) is 0 Å². The third-order valence-corrected chi connectivity index (χ3v) is 5.81. The van der Waals surface area contributed by atoms with Crippen LogP contribution in [0.3, 0.4) is 0 Å². The van der Waals surface area contributed by atoms with E-state index >= 15 is 0 Å². The summed E-state index contributed by atoms with van der Waals surface area (Å²) in [7, 11) is 1.63. The van der Waals surface area contributed by atoms with E-state index in [9.17, 15) is 9.59 Å². The van der Waals surface area contributed by atoms with E-state index < -0.39 is 0 Å². The fourth-order valence-corrected chi connectivity index (χ4v) is 3.79. The zero-order valence-electron chi connectivity index (χ0n) is 19.3. The molecular formula is C24H29N5O3. The van der Waals surface area contributed by atoms with Crippen LogP contribution in [0.25, 0.3) is 16.9 Å². The maximum atomic E-state index is 13.5. The topological polar surface area (TPSA) is 80.0 Å². The summed E-state index contributed by atoms with van der Waals surface area (Å²) in [5.41, 5.74) is 3.38. The Morgan fingerprint density at radius 2 is 1.59 bits per heavy atom. The van der Waals surface area contributed by atoms with E-state index in [1.54, 1.807) is 34.4 Å². The Balaban J connectivity index is 1.77. The molecule has 0 aliphatic carbocycles. The average Bonchev–Trinajstić information content (AvgIpc) is 3.23. The molecule has 4 rings (SSSR count). The summed E-state index contributed by atoms with van der Waals surface area (Å²) < 4.78 is 6.91. The van der Waals surface area contributed by atoms with Crippen molar-refractivity contribution in [2.75, 3.05) is 33.3 Å². The lowest BCUT2D eigenvalue weighted by Gasteiger charge is -2.34. The SMILES string of the molecule is COc1ccc(-c2cc(C(=O)N3CCN(C(C)=O)CC3)n3nc(C(C)(C)C)cc3n2)cc1. The molecule has 3 aromatic rings. The third kappa shape index (κ3) is 4.17. The lowest BCUT2D eigenvalue weighted by molar-refractivity contribution is -0.130. The van der Waals surface area contributed by atoms with Gasteiger partial charge in [-0.25, -0.2) is 9.50 Å². The fourth-order valence-electron chi connectivity index (χ4n) is 3.79. The predicted octanol–water partition coefficient (Wildman–Crippen LogP) is 3.01. The highest BCUT2D eigenvalue weighted by Gasteiger charge is 2.27. The monoisotopic (exact) mass is 435 g/mol. The summed E-state index contributed by atoms with van der Waals surface area (Å²) in [4.78, 5) is 33.5. The molecule has 8 nitrogen and oxygen atoms in total. The van der Waals surface area contributed by atoms with Gasteiger partial charge in [-0.1, -0.05) is 20.8 Å². The van der Waals surface area contributed by atoms with Crippen molar-refractivity contribution in [3.63, 3.8) is 0 Å². The van der Waals surface area contributed by atoms with E-state index in [0.29, 0.717) is 43.2 Å². The van der Waals surface area contributed by atoms with Gasteiger partial charge in [0.05, 0.1) is 18.5 Å². The van der Waals surface area contributed by atoms with Crippen molar-refractivity contribution in [1.29, 1.82) is 0 Å². The number of amides is 2. The molecule has 1 aliphatic rings. The highest BCUT2D eigenvalue weighted by molar-refractivity contribution is 5.94. The molecule has 0 unspecified atom stereocenters. The average molecular weight is 436 g/mol. The van der Waals surface area contributed by atoms with Gasteiger partial charge in [-0.3, -0.25) is 9.59 Å². The number of hydrogen-bond donors (Lipinski definition) is 0. The van der Waals surface area contributed by atoms with Crippen LogP contribution in [-0.4, -0.2) is 69.5 Å². The Kier molecular flexibility index (Phi) is 5.62. The first-order chi connectivity index (χ1) is 15.2. The minimum atomic E-state index is -0.179. The van der Waals surface area contributed by atoms with Crippen molar-refractivity contribution >= 4 is 17.5 Å². The molecule has 1 saturated heterocycles. The Bertz CT molecular complexity index is 1150. The number of rotatable bonds is 3. The van der Waals surface area contributed by atoms with Crippen molar-refractivity contribution < 1.29 is 14.3 Å². The maximum Gasteiger partial charge on any atom is 0.272 e. The van der Waals surface area contributed by atoms with E-state index in [4.69, 9.17) is 14.8 Å². The number of nitrogens with zero attached hydrogens (tertiary/aromatic N) is 5. The number of carbonyl (C=O) groups is 2. The minimum absolute atomic E-state index is 0.0343. The van der Waals surface area contributed by atoms with E-state index in [1.807, 2.05) is 30.3 Å². The van der Waals surface area contributed by atoms with Crippen LogP contribution >= 0.6 is 0 Å². The van der Waals surface area contributed by atoms with Crippen molar-refractivity contribution in [3.05, 3.63) is 47.8 Å². The van der Waals surface area contributed by atoms with Crippen LogP contribution in [0, 0.1) is 0 Å². The first-order valence-electron chi connectivity index (χ1n) is 10.8. The van der Waals surface area contributed by atoms with Crippen molar-refractivity contribution in [2.24, 2.45) is 0 Å². The van der Waals surface area contributed by atoms with E-state index in [-0.39, 0.29) is 17.2 Å². The van der Waals surface area contributed by atoms with Crippen molar-refractivity contribution in [2.45, 2.75) is 33.1 Å². The molecule has 0 radical (unpaired) electrons. The van der Waals surface area contributed by atoms with Crippen LogP contribution in [0.5, 0.6) is 5.75 Å². The number of benzene rings is 1. The van der Waals surface area contributed by atoms with E-state index in [2.05, 4.69) is 20.8 Å². The molecule has 168 valence electrons. The maximum absolute atomic E-state index is 13.5. The highest BCUT2D eigenvalue weighted by atomic mass is 16.5. The Labute approximate surface area is 187 Å². The summed E-state index contributed by atoms with van der Waals surface area (Å²) in [6.45, 7) is 9.87. The van der Waals surface area contributed by atoms with Gasteiger partial charge in [0.25, 0.3) is 5.91 Å². The molecule has 0 bridgehead atoms. The third-order valence-electron chi connectivity index (χ3n) is 5.81. The minimum Gasteiger partial charge on any atom is -0.497 e. The molecule has 3 heterocycles. The molecule has 0 spiro atoms. The number of hydrogen-bond acceptors (Lipinski definition) is 5. The fraction of sp³-hybridized carbons (Fsp3) is 0.417. The van der Waals surface area contributed by atoms with Gasteiger partial charge in [-0.15, -0.1) is 0 Å². The molecule has 32 heavy (non-hydrogen) atoms. The number of aromatic nitrogens is 3. The Morgan fingerprint density at radius 1 is 0.969 bits per heavy atom. The lowest BCUT2D eigenvalue weighted by atomic mass is 9.93. The van der Waals surface area contributed by atoms with Crippen LogP contribution in [0.4, 0.5) is 0 Å². The smallest absolute Gasteiger partial charge is 0.272 e. The summed E-state index contributed by atoms with van der Waals surface area (Å²) in [6, 6.07) is 11.4. The van der Waals surface area contributed by atoms with Gasteiger partial charge >= 0.3 is 0 Å². The van der Waals surface area contributed by atoms with Gasteiger partial charge in [-0.2, -0.15) is 5.10 Å². The molecule has 0 saturated carbocycles. The standard InChI is InChI=1S/C24H29N5O3/c1-16(30)27-10-12-28(13-11-27)23(31)20-14-19(17-6-8-18(32-5)9-7-17)25-22-15-21(24(2,3)4)26-29(20)22/h6-9,14-15H,10-13H2,1-5H3. The highest BCUT2D eigenvalue weighted by Crippen LogP contribution is 2.27. The van der Waals surface area contributed by atoms with Crippen molar-refractivity contribution in [3.8, 4) is 17.0 Å². The van der Waals surface area contributed by atoms with Gasteiger partial charge in [0, 0.05) is 50.1 Å². The lowest BCUT2D eigenvalue weighted by Crippen LogP contribution is -2.50. The number of fused-ring (bicyclic) bond motifs is 1. The van der Waals surface area contributed by atoms with Crippen molar-refractivity contribution in [1.82, 2.24) is 24.4 Å². The second-order valence-corrected chi connectivity index (χ2v) is 9.10. The molecule has 1 aliphatic heterocycles. The first-order valence-corrected chi connectivity index (χ1v) is 10.8. The number of ether oxygens (including phenoxy) is 1. The van der Waals surface area contributed by atoms with Crippen LogP contribution in [0.15, 0.2) is 36.4 Å². The molecular weight excluding hydrogens is 406 g/mol. The van der Waals surface area contributed by atoms with Gasteiger partial charge in [0.2, 0.25) is 5.91 Å². The predicted molar refractivity (Wildman–Crippen MR) is 122 cm³/mol. The summed E-state index contributed by atoms with van der Waals surface area (Å²) in [6.07, 6.45) is 0. The Morgan fingerprint density at radius 3 is 2.16 bits per heavy atom. The molecule has 1 aromatic carbocycles. The van der Waals surface area contributed by atoms with Crippen LogP contribution in [-0.2, 0) is 10.2 Å². The van der Waals surface area contributed by atoms with E-state index in [0.717, 1.165) is 17.0 Å². The van der Waals surface area contributed by atoms with Gasteiger partial charge in [0.1, 0.15) is 11.4 Å². The first kappa shape index (κ1) is 21.8. The van der Waals surface area contributed by atoms with Crippen LogP contribution in [0.1, 0.15) is 43.9 Å². The zero-order valence-corrected chi connectivity index (χ0v) is 19.3. The normalized spacial score (nSPS) is 14.7. The number of piperazine rings is 1. The van der Waals surface area contributed by atoms with Gasteiger partial charge < -0.3 is 14.5 Å². The van der Waals surface area contributed by atoms with E-state index in [1.165, 1.54) is 0 Å². The second kappa shape index (κ2) is 8.26. The summed E-state index contributed by atoms with van der Waals surface area (Å²) in [5.74, 6) is 0.680. The quantitative estimate of drug-likeness (QED) is 0.632. The van der Waals surface area contributed by atoms with Gasteiger partial charge in [-0.05, 0) is 30.3 Å². The molecule has 2 aromatic heterocycles. The molecule has 1 fully saturated rings. The van der Waals surface area contributed by atoms with Gasteiger partial charge in [0.15, 0.2) is 5.65 Å². The number of carbonyl (C=O) groups excluding carboxylic acids is 2. The Hall–Kier alpha value is -3.42. The second-order valence-electron chi connectivity index (χ2n) is 9.10. The summed E-state index contributed by atoms with van der Waals surface area (Å²) >= 11 is 0. The largest absolute Gasteiger partial charge is 0.497 e. The molecule has 0 N–H and O–H groups in total.